The maximum atomic E-state index is 10.9. The van der Waals surface area contributed by atoms with Crippen LogP contribution in [0, 0.1) is 0 Å². The Morgan fingerprint density at radius 3 is 1.44 bits per heavy atom. The molecule has 0 spiro atoms. The molecule has 6 N–H and O–H groups in total. The van der Waals surface area contributed by atoms with Gasteiger partial charge in [0.1, 0.15) is 0 Å². The molecule has 16 heavy (non-hydrogen) atoms. The van der Waals surface area contributed by atoms with Gasteiger partial charge in [0.2, 0.25) is 0 Å². The average molecular weight is 290 g/mol. The van der Waals surface area contributed by atoms with E-state index < -0.39 is 25.8 Å². The summed E-state index contributed by atoms with van der Waals surface area (Å²) in [5, 5.41) is -1.03. The third-order valence-corrected chi connectivity index (χ3v) is 3.46. The lowest BCUT2D eigenvalue weighted by Crippen LogP contribution is -2.15. The largest absolute Gasteiger partial charge is 0.399 e. The molecule has 0 atom stereocenters. The van der Waals surface area contributed by atoms with Crippen molar-refractivity contribution < 1.29 is 28.7 Å². The lowest BCUT2D eigenvalue weighted by molar-refractivity contribution is 0.386. The Bertz CT molecular complexity index is 440. The molecule has 0 aliphatic rings. The second kappa shape index (κ2) is 4.85. The van der Waals surface area contributed by atoms with Gasteiger partial charge in [-0.1, -0.05) is 0 Å². The van der Waals surface area contributed by atoms with E-state index in [0.29, 0.717) is 0 Å². The van der Waals surface area contributed by atoms with E-state index in [1.807, 2.05) is 0 Å². The highest BCUT2D eigenvalue weighted by Gasteiger charge is 2.24. The standard InChI is InChI=1S/C6H9NO6P2.ClH/c7-4-1-5(14(8,9)10)3-6(2-4)15(11,12)13;/h1-3H,7H2,(H2,8,9,10)(H2,11,12,13);1H. The predicted molar refractivity (Wildman–Crippen MR) is 61.5 cm³/mol. The van der Waals surface area contributed by atoms with E-state index in [1.54, 1.807) is 0 Å². The molecule has 0 aliphatic carbocycles. The van der Waals surface area contributed by atoms with Crippen LogP contribution in [0.4, 0.5) is 5.69 Å². The second-order valence-electron chi connectivity index (χ2n) is 2.87. The van der Waals surface area contributed by atoms with Gasteiger partial charge in [-0.25, -0.2) is 0 Å². The smallest absolute Gasteiger partial charge is 0.356 e. The van der Waals surface area contributed by atoms with Crippen LogP contribution in [0.3, 0.4) is 0 Å². The van der Waals surface area contributed by atoms with E-state index in [2.05, 4.69) is 0 Å². The number of halogens is 1. The maximum absolute atomic E-state index is 10.9. The Hall–Kier alpha value is -0.390. The first-order valence-corrected chi connectivity index (χ1v) is 6.86. The number of rotatable bonds is 2. The Kier molecular flexibility index (Phi) is 4.74. The van der Waals surface area contributed by atoms with Crippen LogP contribution in [0.1, 0.15) is 0 Å². The van der Waals surface area contributed by atoms with Crippen LogP contribution in [-0.4, -0.2) is 19.6 Å². The minimum absolute atomic E-state index is 0. The van der Waals surface area contributed by atoms with Gasteiger partial charge in [0.15, 0.2) is 0 Å². The van der Waals surface area contributed by atoms with Crippen molar-refractivity contribution in [2.24, 2.45) is 0 Å². The number of hydrogen-bond donors (Lipinski definition) is 5. The van der Waals surface area contributed by atoms with Crippen molar-refractivity contribution in [1.82, 2.24) is 0 Å². The van der Waals surface area contributed by atoms with Crippen LogP contribution in [0.2, 0.25) is 0 Å². The third kappa shape index (κ3) is 3.88. The SMILES string of the molecule is Cl.Nc1cc(P(=O)(O)O)cc(P(=O)(O)O)c1. The van der Waals surface area contributed by atoms with Crippen molar-refractivity contribution in [3.8, 4) is 0 Å². The number of nitrogen functional groups attached to an aromatic ring is 1. The summed E-state index contributed by atoms with van der Waals surface area (Å²) < 4.78 is 21.7. The minimum atomic E-state index is -4.56. The van der Waals surface area contributed by atoms with E-state index in [4.69, 9.17) is 25.3 Å². The molecule has 10 heteroatoms. The van der Waals surface area contributed by atoms with E-state index in [-0.39, 0.29) is 18.1 Å². The molecule has 0 saturated heterocycles. The highest BCUT2D eigenvalue weighted by atomic mass is 35.5. The number of hydrogen-bond acceptors (Lipinski definition) is 3. The summed E-state index contributed by atoms with van der Waals surface area (Å²) in [7, 11) is -9.13. The van der Waals surface area contributed by atoms with Crippen LogP contribution in [0.15, 0.2) is 18.2 Å². The summed E-state index contributed by atoms with van der Waals surface area (Å²) in [5.41, 5.74) is 5.15. The lowest BCUT2D eigenvalue weighted by Gasteiger charge is -2.09. The van der Waals surface area contributed by atoms with Gasteiger partial charge in [-0.2, -0.15) is 0 Å². The number of nitrogens with two attached hydrogens (primary N) is 1. The van der Waals surface area contributed by atoms with Crippen molar-refractivity contribution >= 4 is 43.9 Å². The van der Waals surface area contributed by atoms with Crippen LogP contribution < -0.4 is 16.3 Å². The van der Waals surface area contributed by atoms with E-state index >= 15 is 0 Å². The summed E-state index contributed by atoms with van der Waals surface area (Å²) in [5.74, 6) is 0. The van der Waals surface area contributed by atoms with Crippen LogP contribution in [0.5, 0.6) is 0 Å². The number of benzene rings is 1. The zero-order valence-electron chi connectivity index (χ0n) is 7.72. The average Bonchev–Trinajstić information content (AvgIpc) is 1.99. The molecule has 0 aliphatic heterocycles. The van der Waals surface area contributed by atoms with Gasteiger partial charge in [0.05, 0.1) is 10.6 Å². The molecule has 1 aromatic rings. The predicted octanol–water partition coefficient (Wildman–Crippen LogP) is -0.703. The first-order valence-electron chi connectivity index (χ1n) is 3.63. The quantitative estimate of drug-likeness (QED) is 0.358. The Labute approximate surface area is 97.0 Å². The molecular formula is C6H10ClNO6P2. The highest BCUT2D eigenvalue weighted by molar-refractivity contribution is 7.61. The Morgan fingerprint density at radius 1 is 0.875 bits per heavy atom. The molecule has 0 aromatic heterocycles. The molecule has 92 valence electrons. The van der Waals surface area contributed by atoms with Crippen molar-refractivity contribution in [3.05, 3.63) is 18.2 Å². The normalized spacial score (nSPS) is 12.0. The third-order valence-electron chi connectivity index (χ3n) is 1.60. The zero-order chi connectivity index (χ0) is 11.9. The fraction of sp³-hybridized carbons (Fsp3) is 0. The van der Waals surface area contributed by atoms with Gasteiger partial charge >= 0.3 is 15.2 Å². The summed E-state index contributed by atoms with van der Waals surface area (Å²) in [6, 6.07) is 2.69. The molecule has 0 unspecified atom stereocenters. The Morgan fingerprint density at radius 2 is 1.19 bits per heavy atom. The fourth-order valence-corrected chi connectivity index (χ4v) is 2.31. The van der Waals surface area contributed by atoms with Crippen LogP contribution in [0.25, 0.3) is 0 Å². The summed E-state index contributed by atoms with van der Waals surface area (Å²) in [6.07, 6.45) is 0. The summed E-state index contributed by atoms with van der Waals surface area (Å²) in [6.45, 7) is 0. The molecular weight excluding hydrogens is 279 g/mol. The van der Waals surface area contributed by atoms with Gasteiger partial charge < -0.3 is 25.3 Å². The molecule has 0 bridgehead atoms. The molecule has 0 heterocycles. The molecule has 0 radical (unpaired) electrons. The number of anilines is 1. The molecule has 7 nitrogen and oxygen atoms in total. The van der Waals surface area contributed by atoms with Gasteiger partial charge in [-0.15, -0.1) is 12.4 Å². The van der Waals surface area contributed by atoms with E-state index in [1.165, 1.54) is 0 Å². The lowest BCUT2D eigenvalue weighted by atomic mass is 10.3. The zero-order valence-corrected chi connectivity index (χ0v) is 10.3. The van der Waals surface area contributed by atoms with Crippen molar-refractivity contribution in [3.63, 3.8) is 0 Å². The first-order chi connectivity index (χ1) is 6.60. The van der Waals surface area contributed by atoms with Gasteiger partial charge in [-0.05, 0) is 18.2 Å². The van der Waals surface area contributed by atoms with Gasteiger partial charge in [0, 0.05) is 5.69 Å². The molecule has 0 amide bonds. The monoisotopic (exact) mass is 289 g/mol. The van der Waals surface area contributed by atoms with Crippen LogP contribution >= 0.6 is 27.6 Å². The maximum Gasteiger partial charge on any atom is 0.356 e. The molecule has 1 aromatic carbocycles. The second-order valence-corrected chi connectivity index (χ2v) is 6.08. The van der Waals surface area contributed by atoms with Crippen molar-refractivity contribution in [2.45, 2.75) is 0 Å². The Balaban J connectivity index is 0.00000225. The van der Waals surface area contributed by atoms with Gasteiger partial charge in [0.25, 0.3) is 0 Å². The molecule has 0 fully saturated rings. The summed E-state index contributed by atoms with van der Waals surface area (Å²) in [4.78, 5) is 35.2. The topological polar surface area (TPSA) is 141 Å². The first kappa shape index (κ1) is 15.6. The molecule has 0 saturated carbocycles. The van der Waals surface area contributed by atoms with E-state index in [9.17, 15) is 9.13 Å². The molecule has 1 rings (SSSR count). The van der Waals surface area contributed by atoms with Crippen LogP contribution in [-0.2, 0) is 9.13 Å². The van der Waals surface area contributed by atoms with Gasteiger partial charge in [-0.3, -0.25) is 9.13 Å². The van der Waals surface area contributed by atoms with Crippen molar-refractivity contribution in [2.75, 3.05) is 5.73 Å². The minimum Gasteiger partial charge on any atom is -0.399 e. The van der Waals surface area contributed by atoms with E-state index in [0.717, 1.165) is 18.2 Å². The van der Waals surface area contributed by atoms with Crippen molar-refractivity contribution in [1.29, 1.82) is 0 Å². The summed E-state index contributed by atoms with van der Waals surface area (Å²) >= 11 is 0. The fourth-order valence-electron chi connectivity index (χ4n) is 0.954. The highest BCUT2D eigenvalue weighted by Crippen LogP contribution is 2.37.